The molecule has 0 spiro atoms. The van der Waals surface area contributed by atoms with Crippen molar-refractivity contribution in [2.75, 3.05) is 5.32 Å². The fraction of sp³-hybridized carbons (Fsp3) is 0.353. The van der Waals surface area contributed by atoms with Crippen molar-refractivity contribution in [1.82, 2.24) is 19.8 Å². The smallest absolute Gasteiger partial charge is 0.178 e. The number of nitrogens with one attached hydrogen (secondary N) is 1. The largest absolute Gasteiger partial charge is 0.362 e. The second-order valence-electron chi connectivity index (χ2n) is 6.68. The van der Waals surface area contributed by atoms with Crippen LogP contribution in [0.25, 0.3) is 5.65 Å². The van der Waals surface area contributed by atoms with Gasteiger partial charge in [-0.15, -0.1) is 15.3 Å². The highest BCUT2D eigenvalue weighted by atomic mass is 35.5. The van der Waals surface area contributed by atoms with Crippen LogP contribution in [0.15, 0.2) is 36.4 Å². The maximum Gasteiger partial charge on any atom is 0.178 e. The third-order valence-electron chi connectivity index (χ3n) is 3.65. The number of halogens is 1. The minimum atomic E-state index is -0.121. The first-order chi connectivity index (χ1) is 10.8. The molecule has 0 amide bonds. The number of nitrogens with zero attached hydrogens (tertiary/aromatic N) is 4. The summed E-state index contributed by atoms with van der Waals surface area (Å²) >= 11 is 6.06. The van der Waals surface area contributed by atoms with Gasteiger partial charge in [0.2, 0.25) is 0 Å². The summed E-state index contributed by atoms with van der Waals surface area (Å²) in [6, 6.07) is 11.7. The van der Waals surface area contributed by atoms with Gasteiger partial charge in [-0.3, -0.25) is 0 Å². The second-order valence-corrected chi connectivity index (χ2v) is 7.12. The molecule has 0 saturated heterocycles. The maximum absolute atomic E-state index is 6.06. The van der Waals surface area contributed by atoms with Crippen molar-refractivity contribution in [2.45, 2.75) is 39.2 Å². The Morgan fingerprint density at radius 2 is 1.91 bits per heavy atom. The first-order valence-corrected chi connectivity index (χ1v) is 7.97. The third-order valence-corrected chi connectivity index (χ3v) is 3.88. The van der Waals surface area contributed by atoms with E-state index in [1.165, 1.54) is 0 Å². The van der Waals surface area contributed by atoms with Crippen LogP contribution in [-0.2, 0) is 5.41 Å². The Bertz CT molecular complexity index is 834. The van der Waals surface area contributed by atoms with E-state index in [1.54, 1.807) is 4.52 Å². The Labute approximate surface area is 140 Å². The van der Waals surface area contributed by atoms with Crippen LogP contribution in [0.2, 0.25) is 5.02 Å². The highest BCUT2D eigenvalue weighted by Gasteiger charge is 2.22. The van der Waals surface area contributed by atoms with Crippen LogP contribution in [0.1, 0.15) is 45.1 Å². The molecule has 1 aromatic carbocycles. The van der Waals surface area contributed by atoms with Crippen molar-refractivity contribution in [1.29, 1.82) is 0 Å². The molecule has 0 unspecified atom stereocenters. The fourth-order valence-corrected chi connectivity index (χ4v) is 2.61. The highest BCUT2D eigenvalue weighted by molar-refractivity contribution is 6.30. The van der Waals surface area contributed by atoms with Crippen LogP contribution < -0.4 is 5.32 Å². The lowest BCUT2D eigenvalue weighted by atomic mass is 9.96. The molecule has 120 valence electrons. The number of benzene rings is 1. The van der Waals surface area contributed by atoms with Gasteiger partial charge in [-0.05, 0) is 36.8 Å². The number of hydrogen-bond acceptors (Lipinski definition) is 4. The molecule has 2 aromatic heterocycles. The first-order valence-electron chi connectivity index (χ1n) is 7.59. The van der Waals surface area contributed by atoms with Gasteiger partial charge in [0.15, 0.2) is 11.5 Å². The number of rotatable bonds is 3. The molecule has 3 aromatic rings. The lowest BCUT2D eigenvalue weighted by Crippen LogP contribution is -2.18. The van der Waals surface area contributed by atoms with Gasteiger partial charge in [0.05, 0.1) is 6.04 Å². The Kier molecular flexibility index (Phi) is 3.98. The molecule has 3 rings (SSSR count). The Morgan fingerprint density at radius 1 is 1.13 bits per heavy atom. The van der Waals surface area contributed by atoms with Crippen molar-refractivity contribution in [3.05, 3.63) is 52.8 Å². The summed E-state index contributed by atoms with van der Waals surface area (Å²) in [6.07, 6.45) is 0. The second kappa shape index (κ2) is 5.81. The van der Waals surface area contributed by atoms with Crippen LogP contribution in [0.5, 0.6) is 0 Å². The molecular weight excluding hydrogens is 310 g/mol. The van der Waals surface area contributed by atoms with Gasteiger partial charge < -0.3 is 5.32 Å². The van der Waals surface area contributed by atoms with E-state index in [-0.39, 0.29) is 11.5 Å². The van der Waals surface area contributed by atoms with Gasteiger partial charge >= 0.3 is 0 Å². The van der Waals surface area contributed by atoms with Gasteiger partial charge in [-0.1, -0.05) is 44.5 Å². The van der Waals surface area contributed by atoms with E-state index in [9.17, 15) is 0 Å². The van der Waals surface area contributed by atoms with E-state index in [2.05, 4.69) is 48.3 Å². The number of fused-ring (bicyclic) bond motifs is 1. The molecule has 0 saturated carbocycles. The van der Waals surface area contributed by atoms with Gasteiger partial charge in [0.1, 0.15) is 5.82 Å². The molecule has 6 heteroatoms. The van der Waals surface area contributed by atoms with E-state index in [0.29, 0.717) is 0 Å². The summed E-state index contributed by atoms with van der Waals surface area (Å²) in [6.45, 7) is 8.37. The molecule has 23 heavy (non-hydrogen) atoms. The topological polar surface area (TPSA) is 55.1 Å². The van der Waals surface area contributed by atoms with Crippen molar-refractivity contribution < 1.29 is 0 Å². The Balaban J connectivity index is 1.91. The summed E-state index contributed by atoms with van der Waals surface area (Å²) in [5, 5.41) is 17.2. The molecule has 2 heterocycles. The number of hydrogen-bond donors (Lipinski definition) is 1. The van der Waals surface area contributed by atoms with Crippen molar-refractivity contribution in [3.63, 3.8) is 0 Å². The van der Waals surface area contributed by atoms with Crippen LogP contribution >= 0.6 is 11.6 Å². The minimum Gasteiger partial charge on any atom is -0.362 e. The number of anilines is 1. The van der Waals surface area contributed by atoms with E-state index >= 15 is 0 Å². The Hall–Kier alpha value is -2.14. The van der Waals surface area contributed by atoms with Gasteiger partial charge in [-0.25, -0.2) is 0 Å². The van der Waals surface area contributed by atoms with Gasteiger partial charge in [-0.2, -0.15) is 4.52 Å². The summed E-state index contributed by atoms with van der Waals surface area (Å²) in [5.74, 6) is 1.61. The zero-order valence-electron chi connectivity index (χ0n) is 13.7. The monoisotopic (exact) mass is 329 g/mol. The SMILES string of the molecule is C[C@@H](Nc1ccc2nnc(C(C)(C)C)n2n1)c1cccc(Cl)c1. The van der Waals surface area contributed by atoms with Crippen LogP contribution in [0.4, 0.5) is 5.82 Å². The van der Waals surface area contributed by atoms with Crippen LogP contribution in [-0.4, -0.2) is 19.8 Å². The van der Waals surface area contributed by atoms with E-state index in [4.69, 9.17) is 11.6 Å². The lowest BCUT2D eigenvalue weighted by Gasteiger charge is -2.17. The van der Waals surface area contributed by atoms with Crippen LogP contribution in [0, 0.1) is 0 Å². The zero-order chi connectivity index (χ0) is 16.6. The van der Waals surface area contributed by atoms with E-state index in [1.807, 2.05) is 36.4 Å². The standard InChI is InChI=1S/C17H20ClN5/c1-11(12-6-5-7-13(18)10-12)19-14-8-9-15-20-21-16(17(2,3)4)23(15)22-14/h5-11H,1-4H3,(H,19,22)/t11-/m1/s1. The first kappa shape index (κ1) is 15.7. The number of aromatic nitrogens is 4. The molecular formula is C17H20ClN5. The minimum absolute atomic E-state index is 0.0909. The average molecular weight is 330 g/mol. The molecule has 1 atom stereocenters. The zero-order valence-corrected chi connectivity index (χ0v) is 14.5. The van der Waals surface area contributed by atoms with Crippen LogP contribution in [0.3, 0.4) is 0 Å². The molecule has 0 aliphatic carbocycles. The highest BCUT2D eigenvalue weighted by Crippen LogP contribution is 2.23. The Morgan fingerprint density at radius 3 is 2.61 bits per heavy atom. The summed E-state index contributed by atoms with van der Waals surface area (Å²) in [4.78, 5) is 0. The summed E-state index contributed by atoms with van der Waals surface area (Å²) < 4.78 is 1.80. The fourth-order valence-electron chi connectivity index (χ4n) is 2.41. The molecule has 0 radical (unpaired) electrons. The predicted molar refractivity (Wildman–Crippen MR) is 93.0 cm³/mol. The molecule has 1 N–H and O–H groups in total. The summed E-state index contributed by atoms with van der Waals surface area (Å²) in [5.41, 5.74) is 1.74. The molecule has 0 fully saturated rings. The lowest BCUT2D eigenvalue weighted by molar-refractivity contribution is 0.527. The molecule has 0 aliphatic heterocycles. The van der Waals surface area contributed by atoms with E-state index in [0.717, 1.165) is 27.9 Å². The maximum atomic E-state index is 6.06. The predicted octanol–water partition coefficient (Wildman–Crippen LogP) is 4.25. The van der Waals surface area contributed by atoms with Gasteiger partial charge in [0.25, 0.3) is 0 Å². The van der Waals surface area contributed by atoms with Crippen molar-refractivity contribution in [2.24, 2.45) is 0 Å². The molecule has 0 aliphatic rings. The van der Waals surface area contributed by atoms with Gasteiger partial charge in [0, 0.05) is 10.4 Å². The normalized spacial score (nSPS) is 13.3. The molecule has 5 nitrogen and oxygen atoms in total. The van der Waals surface area contributed by atoms with Crippen molar-refractivity contribution in [3.8, 4) is 0 Å². The summed E-state index contributed by atoms with van der Waals surface area (Å²) in [7, 11) is 0. The van der Waals surface area contributed by atoms with E-state index < -0.39 is 0 Å². The quantitative estimate of drug-likeness (QED) is 0.780. The van der Waals surface area contributed by atoms with Crippen molar-refractivity contribution >= 4 is 23.1 Å². The molecule has 0 bridgehead atoms. The third kappa shape index (κ3) is 3.29. The average Bonchev–Trinajstić information content (AvgIpc) is 2.90.